The molecule has 3 heterocycles. The average molecular weight is 318 g/mol. The number of fused-ring (bicyclic) bond motifs is 1. The second-order valence-electron chi connectivity index (χ2n) is 5.73. The van der Waals surface area contributed by atoms with Crippen molar-refractivity contribution in [3.8, 4) is 0 Å². The summed E-state index contributed by atoms with van der Waals surface area (Å²) in [6.45, 7) is 6.09. The van der Waals surface area contributed by atoms with E-state index in [1.807, 2.05) is 29.1 Å². The first kappa shape index (κ1) is 14.8. The highest BCUT2D eigenvalue weighted by atomic mass is 32.1. The Labute approximate surface area is 132 Å². The Hall–Kier alpha value is -2.15. The van der Waals surface area contributed by atoms with Crippen LogP contribution in [0.3, 0.4) is 0 Å². The monoisotopic (exact) mass is 318 g/mol. The minimum atomic E-state index is -0.272. The van der Waals surface area contributed by atoms with Crippen LogP contribution in [0.5, 0.6) is 0 Å². The summed E-state index contributed by atoms with van der Waals surface area (Å²) < 4.78 is 7.06. The molecule has 3 aromatic rings. The lowest BCUT2D eigenvalue weighted by Crippen LogP contribution is -2.26. The Kier molecular flexibility index (Phi) is 3.98. The van der Waals surface area contributed by atoms with E-state index in [2.05, 4.69) is 29.3 Å². The minimum Gasteiger partial charge on any atom is -0.351 e. The van der Waals surface area contributed by atoms with Crippen molar-refractivity contribution in [3.05, 3.63) is 41.0 Å². The highest BCUT2D eigenvalue weighted by molar-refractivity contribution is 7.15. The standard InChI is InChI=1S/C15H18N4O2S/c1-9(2)6-11-7-13(21-18-11)14(20)16-10(3)12-8-19-4-5-22-15(19)17-12/h4-5,7-10H,6H2,1-3H3,(H,16,20)/t10-/m1/s1. The van der Waals surface area contributed by atoms with Gasteiger partial charge in [-0.25, -0.2) is 4.98 Å². The fourth-order valence-corrected chi connectivity index (χ4v) is 2.94. The number of rotatable bonds is 5. The SMILES string of the molecule is CC(C)Cc1cc(C(=O)N[C@H](C)c2cn3ccsc3n2)on1. The number of aromatic nitrogens is 3. The van der Waals surface area contributed by atoms with E-state index >= 15 is 0 Å². The maximum Gasteiger partial charge on any atom is 0.290 e. The van der Waals surface area contributed by atoms with Crippen molar-refractivity contribution in [2.24, 2.45) is 5.92 Å². The smallest absolute Gasteiger partial charge is 0.290 e. The van der Waals surface area contributed by atoms with Crippen LogP contribution in [0.1, 0.15) is 48.8 Å². The first-order valence-corrected chi connectivity index (χ1v) is 8.09. The number of thiazole rings is 1. The Morgan fingerprint density at radius 3 is 3.00 bits per heavy atom. The summed E-state index contributed by atoms with van der Waals surface area (Å²) in [7, 11) is 0. The van der Waals surface area contributed by atoms with E-state index < -0.39 is 0 Å². The summed E-state index contributed by atoms with van der Waals surface area (Å²) >= 11 is 1.56. The van der Waals surface area contributed by atoms with Crippen LogP contribution in [0, 0.1) is 5.92 Å². The Morgan fingerprint density at radius 2 is 2.27 bits per heavy atom. The highest BCUT2D eigenvalue weighted by Gasteiger charge is 2.18. The quantitative estimate of drug-likeness (QED) is 0.784. The summed E-state index contributed by atoms with van der Waals surface area (Å²) in [6.07, 6.45) is 4.66. The van der Waals surface area contributed by atoms with Crippen LogP contribution in [0.4, 0.5) is 0 Å². The Morgan fingerprint density at radius 1 is 1.45 bits per heavy atom. The van der Waals surface area contributed by atoms with Gasteiger partial charge < -0.3 is 9.84 Å². The summed E-state index contributed by atoms with van der Waals surface area (Å²) in [4.78, 5) is 17.6. The molecule has 0 aliphatic rings. The van der Waals surface area contributed by atoms with Crippen molar-refractivity contribution in [2.45, 2.75) is 33.2 Å². The lowest BCUT2D eigenvalue weighted by Gasteiger charge is -2.09. The minimum absolute atomic E-state index is 0.196. The molecule has 0 saturated heterocycles. The van der Waals surface area contributed by atoms with Gasteiger partial charge in [-0.2, -0.15) is 0 Å². The summed E-state index contributed by atoms with van der Waals surface area (Å²) in [5.41, 5.74) is 1.62. The summed E-state index contributed by atoms with van der Waals surface area (Å²) in [5, 5.41) is 8.79. The Bertz CT molecular complexity index is 758. The van der Waals surface area contributed by atoms with Gasteiger partial charge in [-0.15, -0.1) is 11.3 Å². The van der Waals surface area contributed by atoms with Gasteiger partial charge in [-0.1, -0.05) is 19.0 Å². The molecule has 0 radical (unpaired) electrons. The molecular weight excluding hydrogens is 300 g/mol. The van der Waals surface area contributed by atoms with Crippen LogP contribution in [-0.4, -0.2) is 20.4 Å². The third kappa shape index (κ3) is 3.04. The van der Waals surface area contributed by atoms with Crippen LogP contribution in [0.2, 0.25) is 0 Å². The number of imidazole rings is 1. The van der Waals surface area contributed by atoms with Gasteiger partial charge in [-0.05, 0) is 19.3 Å². The third-order valence-electron chi connectivity index (χ3n) is 3.30. The van der Waals surface area contributed by atoms with Crippen molar-refractivity contribution in [2.75, 3.05) is 0 Å². The maximum absolute atomic E-state index is 12.2. The van der Waals surface area contributed by atoms with Crippen LogP contribution < -0.4 is 5.32 Å². The molecule has 0 aromatic carbocycles. The second kappa shape index (κ2) is 5.92. The molecule has 116 valence electrons. The van der Waals surface area contributed by atoms with E-state index in [1.165, 1.54) is 0 Å². The molecule has 0 unspecified atom stereocenters. The van der Waals surface area contributed by atoms with E-state index in [9.17, 15) is 4.79 Å². The number of carbonyl (C=O) groups is 1. The van der Waals surface area contributed by atoms with Crippen LogP contribution in [-0.2, 0) is 6.42 Å². The zero-order valence-corrected chi connectivity index (χ0v) is 13.6. The number of hydrogen-bond acceptors (Lipinski definition) is 5. The van der Waals surface area contributed by atoms with Crippen LogP contribution in [0.15, 0.2) is 28.4 Å². The fourth-order valence-electron chi connectivity index (χ4n) is 2.23. The molecule has 0 bridgehead atoms. The molecule has 1 N–H and O–H groups in total. The molecule has 7 heteroatoms. The first-order valence-electron chi connectivity index (χ1n) is 7.21. The van der Waals surface area contributed by atoms with Crippen molar-refractivity contribution >= 4 is 22.2 Å². The van der Waals surface area contributed by atoms with Gasteiger partial charge >= 0.3 is 0 Å². The molecule has 0 fully saturated rings. The van der Waals surface area contributed by atoms with Crippen LogP contribution in [0.25, 0.3) is 4.96 Å². The topological polar surface area (TPSA) is 72.4 Å². The second-order valence-corrected chi connectivity index (χ2v) is 6.61. The average Bonchev–Trinajstić information content (AvgIpc) is 3.11. The van der Waals surface area contributed by atoms with Crippen molar-refractivity contribution in [3.63, 3.8) is 0 Å². The number of amides is 1. The maximum atomic E-state index is 12.2. The largest absolute Gasteiger partial charge is 0.351 e. The van der Waals surface area contributed by atoms with Crippen LogP contribution >= 0.6 is 11.3 Å². The third-order valence-corrected chi connectivity index (χ3v) is 4.07. The lowest BCUT2D eigenvalue weighted by atomic mass is 10.1. The lowest BCUT2D eigenvalue weighted by molar-refractivity contribution is 0.0902. The summed E-state index contributed by atoms with van der Waals surface area (Å²) in [5.74, 6) is 0.438. The molecule has 3 rings (SSSR count). The molecule has 0 spiro atoms. The van der Waals surface area contributed by atoms with Gasteiger partial charge in [-0.3, -0.25) is 9.20 Å². The van der Waals surface area contributed by atoms with Gasteiger partial charge in [0.25, 0.3) is 5.91 Å². The molecule has 0 aliphatic heterocycles. The predicted molar refractivity (Wildman–Crippen MR) is 84.0 cm³/mol. The molecule has 1 amide bonds. The highest BCUT2D eigenvalue weighted by Crippen LogP contribution is 2.17. The van der Waals surface area contributed by atoms with Gasteiger partial charge in [0, 0.05) is 23.8 Å². The fraction of sp³-hybridized carbons (Fsp3) is 0.400. The van der Waals surface area contributed by atoms with E-state index in [-0.39, 0.29) is 17.7 Å². The summed E-state index contributed by atoms with van der Waals surface area (Å²) in [6, 6.07) is 1.51. The normalized spacial score (nSPS) is 12.9. The van der Waals surface area contributed by atoms with E-state index in [0.717, 1.165) is 22.8 Å². The van der Waals surface area contributed by atoms with Gasteiger partial charge in [0.15, 0.2) is 4.96 Å². The molecule has 0 aliphatic carbocycles. The zero-order valence-electron chi connectivity index (χ0n) is 12.7. The van der Waals surface area contributed by atoms with E-state index in [1.54, 1.807) is 17.4 Å². The Balaban J connectivity index is 1.67. The molecular formula is C15H18N4O2S. The molecule has 0 saturated carbocycles. The van der Waals surface area contributed by atoms with Gasteiger partial charge in [0.1, 0.15) is 0 Å². The number of nitrogens with zero attached hydrogens (tertiary/aromatic N) is 3. The zero-order chi connectivity index (χ0) is 15.7. The van der Waals surface area contributed by atoms with Gasteiger partial charge in [0.2, 0.25) is 5.76 Å². The number of nitrogens with one attached hydrogen (secondary N) is 1. The molecule has 22 heavy (non-hydrogen) atoms. The number of carbonyl (C=O) groups excluding carboxylic acids is 1. The molecule has 6 nitrogen and oxygen atoms in total. The van der Waals surface area contributed by atoms with Crippen molar-refractivity contribution in [1.82, 2.24) is 19.9 Å². The van der Waals surface area contributed by atoms with E-state index in [0.29, 0.717) is 5.92 Å². The molecule has 3 aromatic heterocycles. The predicted octanol–water partition coefficient (Wildman–Crippen LogP) is 3.07. The van der Waals surface area contributed by atoms with Crippen molar-refractivity contribution in [1.29, 1.82) is 0 Å². The van der Waals surface area contributed by atoms with Gasteiger partial charge in [0.05, 0.1) is 17.4 Å². The number of hydrogen-bond donors (Lipinski definition) is 1. The van der Waals surface area contributed by atoms with Crippen molar-refractivity contribution < 1.29 is 9.32 Å². The first-order chi connectivity index (χ1) is 10.5. The molecule has 1 atom stereocenters. The van der Waals surface area contributed by atoms with E-state index in [4.69, 9.17) is 4.52 Å².